The van der Waals surface area contributed by atoms with Gasteiger partial charge in [0.15, 0.2) is 0 Å². The molecule has 1 aromatic carbocycles. The van der Waals surface area contributed by atoms with Crippen molar-refractivity contribution in [3.05, 3.63) is 35.5 Å². The number of anilines is 1. The summed E-state index contributed by atoms with van der Waals surface area (Å²) in [4.78, 5) is 15.2. The van der Waals surface area contributed by atoms with E-state index in [1.165, 1.54) is 0 Å². The van der Waals surface area contributed by atoms with Crippen molar-refractivity contribution in [2.75, 3.05) is 5.32 Å². The highest BCUT2D eigenvalue weighted by Crippen LogP contribution is 2.28. The maximum absolute atomic E-state index is 10.9. The predicted octanol–water partition coefficient (Wildman–Crippen LogP) is 3.28. The van der Waals surface area contributed by atoms with E-state index >= 15 is 0 Å². The van der Waals surface area contributed by atoms with Crippen LogP contribution in [0.5, 0.6) is 0 Å². The fourth-order valence-electron chi connectivity index (χ4n) is 3.05. The van der Waals surface area contributed by atoms with Crippen LogP contribution in [0.25, 0.3) is 10.9 Å². The lowest BCUT2D eigenvalue weighted by Gasteiger charge is -2.30. The van der Waals surface area contributed by atoms with E-state index in [0.29, 0.717) is 11.1 Å². The number of fused-ring (bicyclic) bond motifs is 1. The summed E-state index contributed by atoms with van der Waals surface area (Å²) < 4.78 is 0. The number of carbonyl (C=O) groups is 1. The van der Waals surface area contributed by atoms with E-state index in [1.807, 2.05) is 24.3 Å². The van der Waals surface area contributed by atoms with E-state index in [4.69, 9.17) is 17.3 Å². The second-order valence-corrected chi connectivity index (χ2v) is 6.16. The zero-order valence-electron chi connectivity index (χ0n) is 12.2. The summed E-state index contributed by atoms with van der Waals surface area (Å²) >= 11 is 6.02. The Kier molecular flexibility index (Phi) is 4.34. The van der Waals surface area contributed by atoms with Crippen molar-refractivity contribution in [1.82, 2.24) is 10.3 Å². The molecule has 1 fully saturated rings. The molecule has 1 aliphatic rings. The van der Waals surface area contributed by atoms with Gasteiger partial charge in [0, 0.05) is 34.4 Å². The third kappa shape index (κ3) is 3.42. The Labute approximate surface area is 134 Å². The van der Waals surface area contributed by atoms with E-state index in [9.17, 15) is 4.79 Å². The number of halogens is 1. The van der Waals surface area contributed by atoms with Crippen LogP contribution in [-0.2, 0) is 0 Å². The van der Waals surface area contributed by atoms with Gasteiger partial charge < -0.3 is 16.4 Å². The van der Waals surface area contributed by atoms with Gasteiger partial charge in [0.25, 0.3) is 0 Å². The molecule has 0 atom stereocenters. The molecule has 1 saturated carbocycles. The number of nitrogens with one attached hydrogen (secondary N) is 2. The van der Waals surface area contributed by atoms with Crippen molar-refractivity contribution in [3.8, 4) is 0 Å². The van der Waals surface area contributed by atoms with Crippen molar-refractivity contribution in [1.29, 1.82) is 0 Å². The van der Waals surface area contributed by atoms with Crippen molar-refractivity contribution in [2.24, 2.45) is 5.73 Å². The van der Waals surface area contributed by atoms with E-state index < -0.39 is 6.03 Å². The van der Waals surface area contributed by atoms with Gasteiger partial charge in [-0.25, -0.2) is 4.79 Å². The van der Waals surface area contributed by atoms with Crippen molar-refractivity contribution in [2.45, 2.75) is 37.8 Å². The standard InChI is InChI=1S/C16H19ClN4O/c17-10-1-6-13-14(7-8-19-15(13)9-10)20-11-2-4-12(5-3-11)21-16(18)22/h1,6-9,11-12H,2-5H2,(H,19,20)(H3,18,21,22). The number of carbonyl (C=O) groups excluding carboxylic acids is 1. The van der Waals surface area contributed by atoms with Crippen molar-refractivity contribution in [3.63, 3.8) is 0 Å². The number of rotatable bonds is 3. The van der Waals surface area contributed by atoms with Crippen LogP contribution in [0.2, 0.25) is 5.02 Å². The third-order valence-electron chi connectivity index (χ3n) is 4.14. The Morgan fingerprint density at radius 3 is 2.64 bits per heavy atom. The second kappa shape index (κ2) is 6.40. The Balaban J connectivity index is 1.68. The Morgan fingerprint density at radius 2 is 1.91 bits per heavy atom. The molecule has 5 nitrogen and oxygen atoms in total. The molecule has 0 bridgehead atoms. The second-order valence-electron chi connectivity index (χ2n) is 5.72. The summed E-state index contributed by atoms with van der Waals surface area (Å²) in [5.74, 6) is 0. The lowest BCUT2D eigenvalue weighted by atomic mass is 9.91. The number of benzene rings is 1. The number of nitrogens with two attached hydrogens (primary N) is 1. The molecule has 0 radical (unpaired) electrons. The van der Waals surface area contributed by atoms with Crippen molar-refractivity contribution < 1.29 is 4.79 Å². The van der Waals surface area contributed by atoms with Crippen LogP contribution in [-0.4, -0.2) is 23.1 Å². The molecule has 0 aliphatic heterocycles. The molecule has 6 heteroatoms. The summed E-state index contributed by atoms with van der Waals surface area (Å²) in [6, 6.07) is 7.89. The summed E-state index contributed by atoms with van der Waals surface area (Å²) in [7, 11) is 0. The first kappa shape index (κ1) is 14.9. The Bertz CT molecular complexity index is 683. The molecule has 1 aromatic heterocycles. The topological polar surface area (TPSA) is 80.0 Å². The zero-order valence-corrected chi connectivity index (χ0v) is 12.9. The van der Waals surface area contributed by atoms with E-state index in [2.05, 4.69) is 15.6 Å². The molecular formula is C16H19ClN4O. The van der Waals surface area contributed by atoms with Crippen LogP contribution >= 0.6 is 11.6 Å². The minimum Gasteiger partial charge on any atom is -0.382 e. The van der Waals surface area contributed by atoms with Gasteiger partial charge >= 0.3 is 6.03 Å². The highest BCUT2D eigenvalue weighted by atomic mass is 35.5. The van der Waals surface area contributed by atoms with Crippen LogP contribution in [0.4, 0.5) is 10.5 Å². The maximum Gasteiger partial charge on any atom is 0.312 e. The molecule has 0 saturated heterocycles. The Morgan fingerprint density at radius 1 is 1.18 bits per heavy atom. The molecule has 4 N–H and O–H groups in total. The fraction of sp³-hybridized carbons (Fsp3) is 0.375. The SMILES string of the molecule is NC(=O)NC1CCC(Nc2ccnc3cc(Cl)ccc23)CC1. The smallest absolute Gasteiger partial charge is 0.312 e. The zero-order chi connectivity index (χ0) is 15.5. The molecular weight excluding hydrogens is 300 g/mol. The van der Waals surface area contributed by atoms with Crippen LogP contribution in [0.3, 0.4) is 0 Å². The van der Waals surface area contributed by atoms with Gasteiger partial charge in [0.05, 0.1) is 5.52 Å². The lowest BCUT2D eigenvalue weighted by molar-refractivity contribution is 0.240. The van der Waals surface area contributed by atoms with Gasteiger partial charge in [0.2, 0.25) is 0 Å². The van der Waals surface area contributed by atoms with Gasteiger partial charge in [-0.2, -0.15) is 0 Å². The molecule has 116 valence electrons. The van der Waals surface area contributed by atoms with Gasteiger partial charge in [-0.15, -0.1) is 0 Å². The van der Waals surface area contributed by atoms with Gasteiger partial charge in [-0.3, -0.25) is 4.98 Å². The molecule has 0 unspecified atom stereocenters. The molecule has 2 aromatic rings. The number of pyridine rings is 1. The van der Waals surface area contributed by atoms with E-state index in [0.717, 1.165) is 42.3 Å². The van der Waals surface area contributed by atoms with Crippen molar-refractivity contribution >= 4 is 34.2 Å². The summed E-state index contributed by atoms with van der Waals surface area (Å²) in [6.45, 7) is 0. The van der Waals surface area contributed by atoms with Gasteiger partial charge in [0.1, 0.15) is 0 Å². The highest BCUT2D eigenvalue weighted by molar-refractivity contribution is 6.31. The number of urea groups is 1. The number of hydrogen-bond acceptors (Lipinski definition) is 3. The highest BCUT2D eigenvalue weighted by Gasteiger charge is 2.22. The number of nitrogens with zero attached hydrogens (tertiary/aromatic N) is 1. The largest absolute Gasteiger partial charge is 0.382 e. The number of hydrogen-bond donors (Lipinski definition) is 3. The van der Waals surface area contributed by atoms with Gasteiger partial charge in [-0.1, -0.05) is 11.6 Å². The average Bonchev–Trinajstić information content (AvgIpc) is 2.48. The molecule has 3 rings (SSSR count). The summed E-state index contributed by atoms with van der Waals surface area (Å²) in [6.07, 6.45) is 5.68. The number of primary amides is 1. The van der Waals surface area contributed by atoms with E-state index in [-0.39, 0.29) is 6.04 Å². The summed E-state index contributed by atoms with van der Waals surface area (Å²) in [5.41, 5.74) is 7.14. The van der Waals surface area contributed by atoms with Gasteiger partial charge in [-0.05, 0) is 49.9 Å². The van der Waals surface area contributed by atoms with E-state index in [1.54, 1.807) is 6.20 Å². The fourth-order valence-corrected chi connectivity index (χ4v) is 3.22. The molecule has 0 spiro atoms. The first-order valence-corrected chi connectivity index (χ1v) is 7.86. The first-order chi connectivity index (χ1) is 10.6. The van der Waals surface area contributed by atoms with Crippen LogP contribution in [0.15, 0.2) is 30.5 Å². The monoisotopic (exact) mass is 318 g/mol. The lowest BCUT2D eigenvalue weighted by Crippen LogP contribution is -2.42. The number of aromatic nitrogens is 1. The third-order valence-corrected chi connectivity index (χ3v) is 4.37. The average molecular weight is 319 g/mol. The molecule has 2 amide bonds. The van der Waals surface area contributed by atoms with Crippen LogP contribution in [0, 0.1) is 0 Å². The molecule has 1 heterocycles. The number of amides is 2. The first-order valence-electron chi connectivity index (χ1n) is 7.48. The quantitative estimate of drug-likeness (QED) is 0.812. The van der Waals surface area contributed by atoms with Crippen LogP contribution < -0.4 is 16.4 Å². The maximum atomic E-state index is 10.9. The normalized spacial score (nSPS) is 21.5. The predicted molar refractivity (Wildman–Crippen MR) is 89.1 cm³/mol. The van der Waals surface area contributed by atoms with Crippen LogP contribution in [0.1, 0.15) is 25.7 Å². The minimum absolute atomic E-state index is 0.198. The summed E-state index contributed by atoms with van der Waals surface area (Å²) in [5, 5.41) is 8.14. The molecule has 22 heavy (non-hydrogen) atoms. The Hall–Kier alpha value is -2.01. The minimum atomic E-state index is -0.437. The molecule has 1 aliphatic carbocycles.